The summed E-state index contributed by atoms with van der Waals surface area (Å²) in [5, 5.41) is 0. The molecule has 2 rings (SSSR count). The number of hydrogen-bond acceptors (Lipinski definition) is 4. The van der Waals surface area contributed by atoms with Crippen LogP contribution in [-0.2, 0) is 11.3 Å². The van der Waals surface area contributed by atoms with E-state index in [1.54, 1.807) is 31.4 Å². The number of nitrogens with zero attached hydrogens (tertiary/aromatic N) is 1. The fraction of sp³-hybridized carbons (Fsp3) is 0.222. The van der Waals surface area contributed by atoms with Gasteiger partial charge >= 0.3 is 0 Å². The molecule has 6 nitrogen and oxygen atoms in total. The van der Waals surface area contributed by atoms with Crippen molar-refractivity contribution in [3.8, 4) is 5.75 Å². The molecule has 2 aromatic carbocycles. The molecule has 25 heavy (non-hydrogen) atoms. The summed E-state index contributed by atoms with van der Waals surface area (Å²) in [4.78, 5) is 25.7. The third kappa shape index (κ3) is 5.88. The fourth-order valence-corrected chi connectivity index (χ4v) is 2.70. The molecule has 2 N–H and O–H groups in total. The highest BCUT2D eigenvalue weighted by atomic mass is 79.9. The molecule has 0 fully saturated rings. The van der Waals surface area contributed by atoms with Gasteiger partial charge in [-0.3, -0.25) is 25.3 Å². The Morgan fingerprint density at radius 2 is 1.84 bits per heavy atom. The Morgan fingerprint density at radius 3 is 2.52 bits per heavy atom. The molecule has 0 atom stereocenters. The SMILES string of the molecule is COc1ccc(Br)cc1CN(C)CC(=O)NNC(=O)c1ccccc1. The number of carbonyl (C=O) groups excluding carboxylic acids is 2. The summed E-state index contributed by atoms with van der Waals surface area (Å²) < 4.78 is 6.27. The molecule has 0 spiro atoms. The summed E-state index contributed by atoms with van der Waals surface area (Å²) in [6.45, 7) is 0.660. The lowest BCUT2D eigenvalue weighted by atomic mass is 10.2. The zero-order valence-electron chi connectivity index (χ0n) is 14.1. The first-order chi connectivity index (χ1) is 12.0. The van der Waals surface area contributed by atoms with Gasteiger partial charge in [0.05, 0.1) is 13.7 Å². The van der Waals surface area contributed by atoms with Crippen LogP contribution in [0.1, 0.15) is 15.9 Å². The Kier molecular flexibility index (Phi) is 6.97. The van der Waals surface area contributed by atoms with Gasteiger partial charge in [-0.05, 0) is 37.4 Å². The molecule has 2 aromatic rings. The molecular weight excluding hydrogens is 386 g/mol. The number of likely N-dealkylation sites (N-methyl/N-ethyl adjacent to an activating group) is 1. The van der Waals surface area contributed by atoms with Gasteiger partial charge in [0.25, 0.3) is 11.8 Å². The van der Waals surface area contributed by atoms with Gasteiger partial charge in [0.2, 0.25) is 0 Å². The first kappa shape index (κ1) is 19.0. The number of ether oxygens (including phenoxy) is 1. The van der Waals surface area contributed by atoms with Gasteiger partial charge in [0, 0.05) is 22.1 Å². The summed E-state index contributed by atoms with van der Waals surface area (Å²) >= 11 is 3.43. The van der Waals surface area contributed by atoms with Crippen LogP contribution in [0.5, 0.6) is 5.75 Å². The first-order valence-electron chi connectivity index (χ1n) is 7.65. The highest BCUT2D eigenvalue weighted by Gasteiger charge is 2.12. The summed E-state index contributed by atoms with van der Waals surface area (Å²) in [6, 6.07) is 14.4. The second-order valence-electron chi connectivity index (χ2n) is 5.50. The molecule has 7 heteroatoms. The number of carbonyl (C=O) groups is 2. The minimum absolute atomic E-state index is 0.130. The second kappa shape index (κ2) is 9.19. The zero-order chi connectivity index (χ0) is 18.2. The molecule has 2 amide bonds. The van der Waals surface area contributed by atoms with E-state index in [0.717, 1.165) is 15.8 Å². The van der Waals surface area contributed by atoms with Crippen molar-refractivity contribution >= 4 is 27.7 Å². The number of hydrazine groups is 1. The fourth-order valence-electron chi connectivity index (χ4n) is 2.29. The molecule has 0 unspecified atom stereocenters. The number of benzene rings is 2. The lowest BCUT2D eigenvalue weighted by Gasteiger charge is -2.18. The lowest BCUT2D eigenvalue weighted by molar-refractivity contribution is -0.122. The van der Waals surface area contributed by atoms with Crippen molar-refractivity contribution in [2.45, 2.75) is 6.54 Å². The molecule has 0 aliphatic carbocycles. The van der Waals surface area contributed by atoms with Crippen molar-refractivity contribution in [3.63, 3.8) is 0 Å². The van der Waals surface area contributed by atoms with E-state index in [1.165, 1.54) is 0 Å². The summed E-state index contributed by atoms with van der Waals surface area (Å²) in [5.74, 6) is 0.0962. The van der Waals surface area contributed by atoms with Crippen LogP contribution in [0.4, 0.5) is 0 Å². The van der Waals surface area contributed by atoms with Crippen LogP contribution in [0.3, 0.4) is 0 Å². The van der Waals surface area contributed by atoms with Gasteiger partial charge in [0.15, 0.2) is 0 Å². The summed E-state index contributed by atoms with van der Waals surface area (Å²) in [7, 11) is 3.43. The average molecular weight is 406 g/mol. The van der Waals surface area contributed by atoms with Crippen molar-refractivity contribution in [2.75, 3.05) is 20.7 Å². The van der Waals surface area contributed by atoms with E-state index in [-0.39, 0.29) is 18.4 Å². The van der Waals surface area contributed by atoms with Crippen LogP contribution in [0, 0.1) is 0 Å². The number of methoxy groups -OCH3 is 1. The number of hydrogen-bond donors (Lipinski definition) is 2. The maximum atomic E-state index is 12.0. The van der Waals surface area contributed by atoms with Gasteiger partial charge in [-0.1, -0.05) is 34.1 Å². The average Bonchev–Trinajstić information content (AvgIpc) is 2.60. The second-order valence-corrected chi connectivity index (χ2v) is 6.41. The monoisotopic (exact) mass is 405 g/mol. The molecule has 0 saturated carbocycles. The minimum Gasteiger partial charge on any atom is -0.496 e. The van der Waals surface area contributed by atoms with E-state index >= 15 is 0 Å². The van der Waals surface area contributed by atoms with Crippen molar-refractivity contribution in [1.29, 1.82) is 0 Å². The quantitative estimate of drug-likeness (QED) is 0.723. The third-order valence-electron chi connectivity index (χ3n) is 3.45. The predicted molar refractivity (Wildman–Crippen MR) is 99.1 cm³/mol. The van der Waals surface area contributed by atoms with Crippen LogP contribution in [0.25, 0.3) is 0 Å². The van der Waals surface area contributed by atoms with Gasteiger partial charge < -0.3 is 4.74 Å². The smallest absolute Gasteiger partial charge is 0.269 e. The number of halogens is 1. The van der Waals surface area contributed by atoms with E-state index in [9.17, 15) is 9.59 Å². The normalized spacial score (nSPS) is 10.4. The lowest BCUT2D eigenvalue weighted by Crippen LogP contribution is -2.45. The number of rotatable bonds is 6. The minimum atomic E-state index is -0.356. The highest BCUT2D eigenvalue weighted by molar-refractivity contribution is 9.10. The summed E-state index contributed by atoms with van der Waals surface area (Å²) in [6.07, 6.45) is 0. The molecule has 0 aromatic heterocycles. The Hall–Kier alpha value is -2.38. The maximum Gasteiger partial charge on any atom is 0.269 e. The number of amides is 2. The van der Waals surface area contributed by atoms with Crippen molar-refractivity contribution in [3.05, 3.63) is 64.1 Å². The van der Waals surface area contributed by atoms with Crippen molar-refractivity contribution in [1.82, 2.24) is 15.8 Å². The van der Waals surface area contributed by atoms with Gasteiger partial charge in [-0.2, -0.15) is 0 Å². The van der Waals surface area contributed by atoms with Gasteiger partial charge in [-0.25, -0.2) is 0 Å². The Labute approximate surface area is 155 Å². The third-order valence-corrected chi connectivity index (χ3v) is 3.94. The topological polar surface area (TPSA) is 70.7 Å². The maximum absolute atomic E-state index is 12.0. The molecule has 0 bridgehead atoms. The predicted octanol–water partition coefficient (Wildman–Crippen LogP) is 2.35. The van der Waals surface area contributed by atoms with Gasteiger partial charge in [-0.15, -0.1) is 0 Å². The molecule has 0 heterocycles. The Balaban J connectivity index is 1.84. The Morgan fingerprint density at radius 1 is 1.12 bits per heavy atom. The van der Waals surface area contributed by atoms with E-state index in [1.807, 2.05) is 36.2 Å². The molecule has 0 radical (unpaired) electrons. The standard InChI is InChI=1S/C18H20BrN3O3/c1-22(11-14-10-15(19)8-9-16(14)25-2)12-17(23)20-21-18(24)13-6-4-3-5-7-13/h3-10H,11-12H2,1-2H3,(H,20,23)(H,21,24). The molecule has 0 saturated heterocycles. The molecular formula is C18H20BrN3O3. The summed E-state index contributed by atoms with van der Waals surface area (Å²) in [5.41, 5.74) is 6.26. The first-order valence-corrected chi connectivity index (χ1v) is 8.44. The van der Waals surface area contributed by atoms with Crippen LogP contribution in [0.15, 0.2) is 53.0 Å². The van der Waals surface area contributed by atoms with E-state index in [2.05, 4.69) is 26.8 Å². The Bertz CT molecular complexity index is 738. The highest BCUT2D eigenvalue weighted by Crippen LogP contribution is 2.23. The van der Waals surface area contributed by atoms with E-state index in [4.69, 9.17) is 4.74 Å². The van der Waals surface area contributed by atoms with Crippen molar-refractivity contribution < 1.29 is 14.3 Å². The van der Waals surface area contributed by atoms with Crippen LogP contribution >= 0.6 is 15.9 Å². The molecule has 132 valence electrons. The zero-order valence-corrected chi connectivity index (χ0v) is 15.7. The van der Waals surface area contributed by atoms with Crippen LogP contribution in [0.2, 0.25) is 0 Å². The van der Waals surface area contributed by atoms with Crippen LogP contribution < -0.4 is 15.6 Å². The molecule has 0 aliphatic rings. The van der Waals surface area contributed by atoms with E-state index < -0.39 is 0 Å². The van der Waals surface area contributed by atoms with Crippen molar-refractivity contribution in [2.24, 2.45) is 0 Å². The van der Waals surface area contributed by atoms with Crippen LogP contribution in [-0.4, -0.2) is 37.4 Å². The number of nitrogens with one attached hydrogen (secondary N) is 2. The van der Waals surface area contributed by atoms with E-state index in [0.29, 0.717) is 12.1 Å². The largest absolute Gasteiger partial charge is 0.496 e. The van der Waals surface area contributed by atoms with Gasteiger partial charge in [0.1, 0.15) is 5.75 Å². The molecule has 0 aliphatic heterocycles.